The first-order valence-electron chi connectivity index (χ1n) is 6.11. The van der Waals surface area contributed by atoms with E-state index in [1.807, 2.05) is 6.92 Å². The zero-order chi connectivity index (χ0) is 13.8. The number of likely N-dealkylation sites (N-methyl/N-ethyl adjacent to an activating group) is 1. The second-order valence-electron chi connectivity index (χ2n) is 4.78. The minimum atomic E-state index is -0.647. The number of pyridine rings is 1. The first kappa shape index (κ1) is 14.4. The maximum Gasteiger partial charge on any atom is 0.250 e. The maximum absolute atomic E-state index is 12.0. The first-order chi connectivity index (χ1) is 8.40. The van der Waals surface area contributed by atoms with Crippen molar-refractivity contribution in [3.05, 3.63) is 28.7 Å². The molecule has 1 aromatic rings. The molecule has 0 radical (unpaired) electrons. The van der Waals surface area contributed by atoms with E-state index in [-0.39, 0.29) is 11.5 Å². The van der Waals surface area contributed by atoms with Gasteiger partial charge in [0.2, 0.25) is 5.91 Å². The molecule has 0 aliphatic heterocycles. The van der Waals surface area contributed by atoms with Gasteiger partial charge in [0.25, 0.3) is 5.56 Å². The third-order valence-electron chi connectivity index (χ3n) is 2.90. The molecule has 0 saturated heterocycles. The van der Waals surface area contributed by atoms with Crippen molar-refractivity contribution in [3.8, 4) is 0 Å². The summed E-state index contributed by atoms with van der Waals surface area (Å²) >= 11 is 0. The van der Waals surface area contributed by atoms with Crippen molar-refractivity contribution < 1.29 is 4.79 Å². The van der Waals surface area contributed by atoms with Gasteiger partial charge in [0.1, 0.15) is 0 Å². The van der Waals surface area contributed by atoms with Gasteiger partial charge < -0.3 is 15.2 Å². The van der Waals surface area contributed by atoms with Gasteiger partial charge in [-0.3, -0.25) is 9.59 Å². The fraction of sp³-hybridized carbons (Fsp3) is 0.538. The van der Waals surface area contributed by atoms with E-state index in [2.05, 4.69) is 10.6 Å². The van der Waals surface area contributed by atoms with Crippen LogP contribution in [0.1, 0.15) is 27.2 Å². The molecule has 18 heavy (non-hydrogen) atoms. The molecule has 1 heterocycles. The highest BCUT2D eigenvalue weighted by atomic mass is 16.2. The molecule has 0 saturated carbocycles. The van der Waals surface area contributed by atoms with Crippen LogP contribution in [0.2, 0.25) is 0 Å². The molecular weight excluding hydrogens is 230 g/mol. The molecule has 1 aromatic heterocycles. The molecule has 5 nitrogen and oxygen atoms in total. The molecule has 0 fully saturated rings. The van der Waals surface area contributed by atoms with Crippen LogP contribution in [0, 0.1) is 0 Å². The van der Waals surface area contributed by atoms with Crippen LogP contribution in [-0.2, 0) is 11.3 Å². The van der Waals surface area contributed by atoms with Crippen molar-refractivity contribution in [2.75, 3.05) is 12.4 Å². The van der Waals surface area contributed by atoms with E-state index in [0.29, 0.717) is 12.2 Å². The molecular formula is C13H21N3O2. The molecule has 0 unspecified atom stereocenters. The van der Waals surface area contributed by atoms with E-state index in [9.17, 15) is 9.59 Å². The molecule has 0 spiro atoms. The van der Waals surface area contributed by atoms with E-state index in [4.69, 9.17) is 0 Å². The van der Waals surface area contributed by atoms with Gasteiger partial charge in [-0.2, -0.15) is 0 Å². The second kappa shape index (κ2) is 5.82. The summed E-state index contributed by atoms with van der Waals surface area (Å²) in [5.41, 5.74) is -0.0646. The van der Waals surface area contributed by atoms with Gasteiger partial charge in [-0.1, -0.05) is 6.92 Å². The summed E-state index contributed by atoms with van der Waals surface area (Å²) in [5, 5.41) is 5.73. The van der Waals surface area contributed by atoms with Gasteiger partial charge in [-0.05, 0) is 33.4 Å². The Labute approximate surface area is 107 Å². The van der Waals surface area contributed by atoms with Crippen LogP contribution in [0.5, 0.6) is 0 Å². The number of carbonyl (C=O) groups is 1. The second-order valence-corrected chi connectivity index (χ2v) is 4.78. The quantitative estimate of drug-likeness (QED) is 0.826. The Morgan fingerprint density at radius 3 is 2.61 bits per heavy atom. The summed E-state index contributed by atoms with van der Waals surface area (Å²) in [4.78, 5) is 23.5. The van der Waals surface area contributed by atoms with Crippen LogP contribution in [0.3, 0.4) is 0 Å². The van der Waals surface area contributed by atoms with Crippen LogP contribution >= 0.6 is 0 Å². The first-order valence-corrected chi connectivity index (χ1v) is 6.11. The van der Waals surface area contributed by atoms with E-state index in [0.717, 1.165) is 6.42 Å². The van der Waals surface area contributed by atoms with E-state index >= 15 is 0 Å². The lowest BCUT2D eigenvalue weighted by Gasteiger charge is -2.22. The van der Waals surface area contributed by atoms with Crippen LogP contribution in [0.4, 0.5) is 5.69 Å². The molecule has 5 heteroatoms. The molecule has 1 rings (SSSR count). The Kier molecular flexibility index (Phi) is 4.67. The van der Waals surface area contributed by atoms with E-state index in [1.54, 1.807) is 37.7 Å². The van der Waals surface area contributed by atoms with Crippen LogP contribution in [0.25, 0.3) is 0 Å². The number of rotatable bonds is 5. The molecule has 0 bridgehead atoms. The van der Waals surface area contributed by atoms with Gasteiger partial charge in [0.05, 0.1) is 11.2 Å². The number of hydrogen-bond acceptors (Lipinski definition) is 3. The predicted octanol–water partition coefficient (Wildman–Crippen LogP) is 1.19. The van der Waals surface area contributed by atoms with Gasteiger partial charge in [-0.15, -0.1) is 0 Å². The normalized spacial score (nSPS) is 11.3. The summed E-state index contributed by atoms with van der Waals surface area (Å²) in [6, 6.07) is 3.09. The minimum absolute atomic E-state index is 0.0530. The van der Waals surface area contributed by atoms with E-state index in [1.165, 1.54) is 6.07 Å². The highest BCUT2D eigenvalue weighted by Gasteiger charge is 2.25. The Bertz CT molecular complexity index is 477. The fourth-order valence-electron chi connectivity index (χ4n) is 1.42. The van der Waals surface area contributed by atoms with Crippen molar-refractivity contribution in [2.24, 2.45) is 0 Å². The van der Waals surface area contributed by atoms with E-state index < -0.39 is 5.54 Å². The minimum Gasteiger partial charge on any atom is -0.323 e. The predicted molar refractivity (Wildman–Crippen MR) is 72.8 cm³/mol. The number of anilines is 1. The standard InChI is InChI=1S/C13H21N3O2/c1-5-8-16-9-10(6-7-11(16)17)15-12(18)13(2,3)14-4/h6-7,9,14H,5,8H2,1-4H3,(H,15,18). The van der Waals surface area contributed by atoms with Crippen molar-refractivity contribution in [2.45, 2.75) is 39.3 Å². The smallest absolute Gasteiger partial charge is 0.250 e. The van der Waals surface area contributed by atoms with Crippen molar-refractivity contribution in [3.63, 3.8) is 0 Å². The summed E-state index contributed by atoms with van der Waals surface area (Å²) in [5.74, 6) is -0.133. The third kappa shape index (κ3) is 3.43. The average molecular weight is 251 g/mol. The zero-order valence-corrected chi connectivity index (χ0v) is 11.4. The number of nitrogens with one attached hydrogen (secondary N) is 2. The topological polar surface area (TPSA) is 63.1 Å². The maximum atomic E-state index is 12.0. The fourth-order valence-corrected chi connectivity index (χ4v) is 1.42. The Hall–Kier alpha value is -1.62. The number of aryl methyl sites for hydroxylation is 1. The highest BCUT2D eigenvalue weighted by molar-refractivity contribution is 5.97. The molecule has 0 aliphatic carbocycles. The van der Waals surface area contributed by atoms with Gasteiger partial charge >= 0.3 is 0 Å². The van der Waals surface area contributed by atoms with Crippen LogP contribution < -0.4 is 16.2 Å². The molecule has 2 N–H and O–H groups in total. The van der Waals surface area contributed by atoms with Gasteiger partial charge in [0, 0.05) is 18.8 Å². The molecule has 100 valence electrons. The summed E-state index contributed by atoms with van der Waals surface area (Å²) in [6.07, 6.45) is 2.55. The van der Waals surface area contributed by atoms with Crippen molar-refractivity contribution in [1.29, 1.82) is 0 Å². The number of nitrogens with zero attached hydrogens (tertiary/aromatic N) is 1. The Balaban J connectivity index is 2.89. The number of aromatic nitrogens is 1. The lowest BCUT2D eigenvalue weighted by Crippen LogP contribution is -2.48. The zero-order valence-electron chi connectivity index (χ0n) is 11.4. The van der Waals surface area contributed by atoms with Crippen LogP contribution in [0.15, 0.2) is 23.1 Å². The molecule has 0 atom stereocenters. The Morgan fingerprint density at radius 1 is 1.39 bits per heavy atom. The van der Waals surface area contributed by atoms with Gasteiger partial charge in [0.15, 0.2) is 0 Å². The average Bonchev–Trinajstić information content (AvgIpc) is 2.33. The lowest BCUT2D eigenvalue weighted by atomic mass is 10.1. The summed E-state index contributed by atoms with van der Waals surface area (Å²) in [6.45, 7) is 6.24. The largest absolute Gasteiger partial charge is 0.323 e. The van der Waals surface area contributed by atoms with Crippen LogP contribution in [-0.4, -0.2) is 23.1 Å². The molecule has 0 aliphatic rings. The lowest BCUT2D eigenvalue weighted by molar-refractivity contribution is -0.121. The van der Waals surface area contributed by atoms with Gasteiger partial charge in [-0.25, -0.2) is 0 Å². The third-order valence-corrected chi connectivity index (χ3v) is 2.90. The SMILES string of the molecule is CCCn1cc(NC(=O)C(C)(C)NC)ccc1=O. The summed E-state index contributed by atoms with van der Waals surface area (Å²) < 4.78 is 1.60. The Morgan fingerprint density at radius 2 is 2.06 bits per heavy atom. The molecule has 0 aromatic carbocycles. The highest BCUT2D eigenvalue weighted by Crippen LogP contribution is 2.09. The molecule has 1 amide bonds. The van der Waals surface area contributed by atoms with Crippen molar-refractivity contribution >= 4 is 11.6 Å². The number of hydrogen-bond donors (Lipinski definition) is 2. The number of carbonyl (C=O) groups excluding carboxylic acids is 1. The monoisotopic (exact) mass is 251 g/mol. The summed E-state index contributed by atoms with van der Waals surface area (Å²) in [7, 11) is 1.73. The van der Waals surface area contributed by atoms with Crippen molar-refractivity contribution in [1.82, 2.24) is 9.88 Å². The number of amides is 1.